The number of carboxylic acid groups (broad SMARTS) is 1. The zero-order chi connectivity index (χ0) is 11.6. The summed E-state index contributed by atoms with van der Waals surface area (Å²) in [5.74, 6) is -1.36. The number of aromatic nitrogens is 1. The lowest BCUT2D eigenvalue weighted by molar-refractivity contribution is 0.0695. The van der Waals surface area contributed by atoms with Crippen LogP contribution in [0.2, 0.25) is 0 Å². The number of pyridine rings is 1. The van der Waals surface area contributed by atoms with E-state index in [9.17, 15) is 18.4 Å². The van der Waals surface area contributed by atoms with Crippen molar-refractivity contribution in [2.24, 2.45) is 0 Å². The second-order valence-electron chi connectivity index (χ2n) is 2.66. The number of aromatic amines is 1. The predicted octanol–water partition coefficient (Wildman–Crippen LogP) is 1.91. The number of rotatable bonds is 3. The average Bonchev–Trinajstić information content (AvgIpc) is 2.15. The summed E-state index contributed by atoms with van der Waals surface area (Å²) in [6.45, 7) is 0. The summed E-state index contributed by atoms with van der Waals surface area (Å²) < 4.78 is 25.0. The van der Waals surface area contributed by atoms with Crippen LogP contribution >= 0.6 is 15.9 Å². The van der Waals surface area contributed by atoms with E-state index in [1.54, 1.807) is 0 Å². The molecule has 0 amide bonds. The van der Waals surface area contributed by atoms with Crippen molar-refractivity contribution in [3.05, 3.63) is 33.2 Å². The third-order valence-corrected chi connectivity index (χ3v) is 2.39. The molecule has 0 saturated heterocycles. The lowest BCUT2D eigenvalue weighted by Gasteiger charge is -2.07. The summed E-state index contributed by atoms with van der Waals surface area (Å²) in [5, 5.41) is 8.59. The molecule has 1 heterocycles. The molecule has 0 radical (unpaired) electrons. The van der Waals surface area contributed by atoms with Crippen molar-refractivity contribution in [1.29, 1.82) is 0 Å². The topological polar surface area (TPSA) is 70.2 Å². The zero-order valence-electron chi connectivity index (χ0n) is 7.26. The van der Waals surface area contributed by atoms with E-state index in [1.807, 2.05) is 4.98 Å². The molecular weight excluding hydrogens is 276 g/mol. The van der Waals surface area contributed by atoms with Crippen LogP contribution in [0, 0.1) is 0 Å². The van der Waals surface area contributed by atoms with E-state index in [0.29, 0.717) is 0 Å². The van der Waals surface area contributed by atoms with E-state index in [4.69, 9.17) is 5.11 Å². The molecular formula is C8H6BrF2NO3. The third-order valence-electron chi connectivity index (χ3n) is 1.82. The molecule has 0 saturated carbocycles. The highest BCUT2D eigenvalue weighted by molar-refractivity contribution is 9.08. The molecule has 7 heteroatoms. The summed E-state index contributed by atoms with van der Waals surface area (Å²) >= 11 is 2.88. The fourth-order valence-electron chi connectivity index (χ4n) is 1.15. The Bertz CT molecular complexity index is 444. The van der Waals surface area contributed by atoms with Gasteiger partial charge in [-0.25, -0.2) is 13.6 Å². The quantitative estimate of drug-likeness (QED) is 0.832. The van der Waals surface area contributed by atoms with Gasteiger partial charge in [0.2, 0.25) is 0 Å². The van der Waals surface area contributed by atoms with Crippen LogP contribution in [0.4, 0.5) is 8.78 Å². The van der Waals surface area contributed by atoms with Gasteiger partial charge in [0.05, 0.1) is 11.1 Å². The molecule has 0 bridgehead atoms. The summed E-state index contributed by atoms with van der Waals surface area (Å²) in [6, 6.07) is 0. The van der Waals surface area contributed by atoms with E-state index in [1.165, 1.54) is 0 Å². The summed E-state index contributed by atoms with van der Waals surface area (Å²) in [6.07, 6.45) is -2.09. The fraction of sp³-hybridized carbons (Fsp3) is 0.250. The summed E-state index contributed by atoms with van der Waals surface area (Å²) in [5.41, 5.74) is -2.29. The maximum atomic E-state index is 12.5. The van der Waals surface area contributed by atoms with Crippen LogP contribution in [0.25, 0.3) is 0 Å². The first-order valence-corrected chi connectivity index (χ1v) is 4.93. The van der Waals surface area contributed by atoms with Gasteiger partial charge in [0, 0.05) is 11.5 Å². The van der Waals surface area contributed by atoms with Gasteiger partial charge in [0.1, 0.15) is 0 Å². The Balaban J connectivity index is 3.54. The lowest BCUT2D eigenvalue weighted by atomic mass is 10.1. The second-order valence-corrected chi connectivity index (χ2v) is 3.22. The largest absolute Gasteiger partial charge is 0.478 e. The minimum absolute atomic E-state index is 0.113. The molecule has 1 rings (SSSR count). The Morgan fingerprint density at radius 3 is 2.60 bits per heavy atom. The van der Waals surface area contributed by atoms with Gasteiger partial charge in [0.15, 0.2) is 0 Å². The first kappa shape index (κ1) is 11.8. The molecule has 0 aliphatic heterocycles. The van der Waals surface area contributed by atoms with Crippen molar-refractivity contribution >= 4 is 21.9 Å². The highest BCUT2D eigenvalue weighted by Gasteiger charge is 2.22. The van der Waals surface area contributed by atoms with Gasteiger partial charge in [-0.15, -0.1) is 0 Å². The molecule has 1 aromatic heterocycles. The van der Waals surface area contributed by atoms with Gasteiger partial charge in [0.25, 0.3) is 12.0 Å². The predicted molar refractivity (Wildman–Crippen MR) is 51.6 cm³/mol. The molecule has 0 aromatic carbocycles. The van der Waals surface area contributed by atoms with Gasteiger partial charge in [-0.05, 0) is 5.56 Å². The minimum Gasteiger partial charge on any atom is -0.478 e. The highest BCUT2D eigenvalue weighted by Crippen LogP contribution is 2.23. The molecule has 0 atom stereocenters. The molecule has 0 unspecified atom stereocenters. The average molecular weight is 282 g/mol. The Hall–Kier alpha value is -1.24. The smallest absolute Gasteiger partial charge is 0.337 e. The van der Waals surface area contributed by atoms with Gasteiger partial charge in [-0.1, -0.05) is 15.9 Å². The van der Waals surface area contributed by atoms with E-state index in [-0.39, 0.29) is 16.5 Å². The van der Waals surface area contributed by atoms with Crippen molar-refractivity contribution in [1.82, 2.24) is 4.98 Å². The maximum absolute atomic E-state index is 12.5. The number of carbonyl (C=O) groups is 1. The van der Waals surface area contributed by atoms with Gasteiger partial charge in [-0.3, -0.25) is 4.79 Å². The molecule has 0 fully saturated rings. The van der Waals surface area contributed by atoms with E-state index < -0.39 is 23.5 Å². The number of H-pyrrole nitrogens is 1. The molecule has 1 aromatic rings. The molecule has 15 heavy (non-hydrogen) atoms. The number of hydrogen-bond acceptors (Lipinski definition) is 2. The van der Waals surface area contributed by atoms with Crippen molar-refractivity contribution in [2.45, 2.75) is 11.8 Å². The van der Waals surface area contributed by atoms with E-state index >= 15 is 0 Å². The van der Waals surface area contributed by atoms with Gasteiger partial charge in [-0.2, -0.15) is 0 Å². The fourth-order valence-corrected chi connectivity index (χ4v) is 1.75. The van der Waals surface area contributed by atoms with Crippen LogP contribution in [0.15, 0.2) is 11.0 Å². The minimum atomic E-state index is -3.00. The Kier molecular flexibility index (Phi) is 3.57. The highest BCUT2D eigenvalue weighted by atomic mass is 79.9. The van der Waals surface area contributed by atoms with E-state index in [0.717, 1.165) is 6.20 Å². The van der Waals surface area contributed by atoms with Gasteiger partial charge < -0.3 is 10.1 Å². The molecule has 2 N–H and O–H groups in total. The lowest BCUT2D eigenvalue weighted by Crippen LogP contribution is -2.19. The van der Waals surface area contributed by atoms with Gasteiger partial charge >= 0.3 is 5.97 Å². The standard InChI is InChI=1S/C8H6BrF2NO3/c9-1-3-4(8(14)15)2-12-7(13)5(3)6(10)11/h2,6H,1H2,(H,12,13)(H,14,15). The van der Waals surface area contributed by atoms with Crippen molar-refractivity contribution in [3.8, 4) is 0 Å². The van der Waals surface area contributed by atoms with Crippen LogP contribution in [-0.2, 0) is 5.33 Å². The van der Waals surface area contributed by atoms with Crippen LogP contribution in [-0.4, -0.2) is 16.1 Å². The van der Waals surface area contributed by atoms with Crippen LogP contribution in [0.1, 0.15) is 27.9 Å². The van der Waals surface area contributed by atoms with Crippen molar-refractivity contribution in [2.75, 3.05) is 0 Å². The second kappa shape index (κ2) is 4.52. The van der Waals surface area contributed by atoms with Crippen LogP contribution in [0.5, 0.6) is 0 Å². The Morgan fingerprint density at radius 2 is 2.20 bits per heavy atom. The molecule has 82 valence electrons. The Morgan fingerprint density at radius 1 is 1.60 bits per heavy atom. The number of carboxylic acids is 1. The molecule has 0 aliphatic rings. The van der Waals surface area contributed by atoms with Crippen LogP contribution in [0.3, 0.4) is 0 Å². The SMILES string of the molecule is O=C(O)c1c[nH]c(=O)c(C(F)F)c1CBr. The van der Waals surface area contributed by atoms with Crippen molar-refractivity contribution < 1.29 is 18.7 Å². The first-order valence-electron chi connectivity index (χ1n) is 3.81. The molecule has 0 spiro atoms. The summed E-state index contributed by atoms with van der Waals surface area (Å²) in [4.78, 5) is 23.7. The number of halogens is 3. The first-order chi connectivity index (χ1) is 6.99. The monoisotopic (exact) mass is 281 g/mol. The molecule has 0 aliphatic carbocycles. The third kappa shape index (κ3) is 2.23. The van der Waals surface area contributed by atoms with E-state index in [2.05, 4.69) is 15.9 Å². The summed E-state index contributed by atoms with van der Waals surface area (Å²) in [7, 11) is 0. The number of hydrogen-bond donors (Lipinski definition) is 2. The molecule has 4 nitrogen and oxygen atoms in total. The Labute approximate surface area is 91.1 Å². The zero-order valence-corrected chi connectivity index (χ0v) is 8.85. The van der Waals surface area contributed by atoms with Crippen molar-refractivity contribution in [3.63, 3.8) is 0 Å². The number of alkyl halides is 3. The van der Waals surface area contributed by atoms with Crippen LogP contribution < -0.4 is 5.56 Å². The number of aromatic carboxylic acids is 1. The maximum Gasteiger partial charge on any atom is 0.337 e. The normalized spacial score (nSPS) is 10.7. The number of nitrogens with one attached hydrogen (secondary N) is 1.